The molecule has 0 radical (unpaired) electrons. The summed E-state index contributed by atoms with van der Waals surface area (Å²) in [5.41, 5.74) is 0.855. The van der Waals surface area contributed by atoms with Crippen molar-refractivity contribution >= 4 is 43.5 Å². The molecule has 10 heteroatoms. The van der Waals surface area contributed by atoms with Gasteiger partial charge in [-0.2, -0.15) is 0 Å². The Bertz CT molecular complexity index is 1310. The Hall–Kier alpha value is -3.40. The molecule has 0 aliphatic heterocycles. The molecule has 29 heavy (non-hydrogen) atoms. The van der Waals surface area contributed by atoms with Crippen LogP contribution in [0.3, 0.4) is 0 Å². The molecule has 0 saturated heterocycles. The lowest BCUT2D eigenvalue weighted by Gasteiger charge is -2.09. The summed E-state index contributed by atoms with van der Waals surface area (Å²) in [6, 6.07) is 11.9. The van der Waals surface area contributed by atoms with Crippen LogP contribution in [0.2, 0.25) is 0 Å². The van der Waals surface area contributed by atoms with Gasteiger partial charge in [0, 0.05) is 24.6 Å². The van der Waals surface area contributed by atoms with Crippen molar-refractivity contribution < 1.29 is 22.7 Å². The number of amides is 1. The van der Waals surface area contributed by atoms with Gasteiger partial charge in [-0.1, -0.05) is 29.5 Å². The first-order valence-corrected chi connectivity index (χ1v) is 9.09. The number of alkyl halides is 3. The highest BCUT2D eigenvalue weighted by molar-refractivity contribution is 7.22. The maximum atomic E-state index is 12.8. The first-order chi connectivity index (χ1) is 13.7. The number of halogens is 3. The second-order valence-corrected chi connectivity index (χ2v) is 7.15. The van der Waals surface area contributed by atoms with Crippen molar-refractivity contribution in [3.63, 3.8) is 0 Å². The van der Waals surface area contributed by atoms with E-state index in [-0.39, 0.29) is 22.0 Å². The summed E-state index contributed by atoms with van der Waals surface area (Å²) in [7, 11) is 1.61. The Morgan fingerprint density at radius 3 is 2.69 bits per heavy atom. The molecule has 0 saturated carbocycles. The number of fused-ring (bicyclic) bond motifs is 2. The van der Waals surface area contributed by atoms with E-state index >= 15 is 0 Å². The highest BCUT2D eigenvalue weighted by Crippen LogP contribution is 2.32. The van der Waals surface area contributed by atoms with Gasteiger partial charge in [0.1, 0.15) is 5.75 Å². The molecule has 0 unspecified atom stereocenters. The Balaban J connectivity index is 1.67. The number of nitrogens with zero attached hydrogens (tertiary/aromatic N) is 2. The molecule has 0 fully saturated rings. The van der Waals surface area contributed by atoms with E-state index in [0.29, 0.717) is 21.1 Å². The highest BCUT2D eigenvalue weighted by Gasteiger charge is 2.31. The topological polar surface area (TPSA) is 73.2 Å². The molecular weight excluding hydrogens is 407 g/mol. The van der Waals surface area contributed by atoms with E-state index < -0.39 is 12.3 Å². The summed E-state index contributed by atoms with van der Waals surface area (Å²) in [4.78, 5) is 29.1. The van der Waals surface area contributed by atoms with Gasteiger partial charge in [-0.15, -0.1) is 13.2 Å². The zero-order valence-electron chi connectivity index (χ0n) is 14.8. The monoisotopic (exact) mass is 419 g/mol. The molecule has 0 spiro atoms. The van der Waals surface area contributed by atoms with E-state index in [1.807, 2.05) is 0 Å². The summed E-state index contributed by atoms with van der Waals surface area (Å²) in [6.07, 6.45) is -4.80. The molecule has 0 bridgehead atoms. The van der Waals surface area contributed by atoms with E-state index in [9.17, 15) is 22.8 Å². The number of aromatic nitrogens is 2. The third kappa shape index (κ3) is 3.79. The number of hydrogen-bond acceptors (Lipinski definition) is 5. The molecule has 0 aliphatic carbocycles. The lowest BCUT2D eigenvalue weighted by Crippen LogP contribution is -2.21. The van der Waals surface area contributed by atoms with Crippen molar-refractivity contribution in [2.45, 2.75) is 6.36 Å². The number of carbonyl (C=O) groups excluding carboxylic acids is 1. The Kier molecular flexibility index (Phi) is 4.50. The lowest BCUT2D eigenvalue weighted by molar-refractivity contribution is -0.274. The fraction of sp³-hybridized carbons (Fsp3) is 0.105. The maximum Gasteiger partial charge on any atom is 0.573 e. The van der Waals surface area contributed by atoms with Gasteiger partial charge in [-0.25, -0.2) is 4.98 Å². The minimum Gasteiger partial charge on any atom is -0.406 e. The normalized spacial score (nSPS) is 11.7. The number of carbonyl (C=O) groups is 1. The van der Waals surface area contributed by atoms with Crippen LogP contribution < -0.4 is 15.6 Å². The number of anilines is 1. The van der Waals surface area contributed by atoms with Gasteiger partial charge >= 0.3 is 6.36 Å². The van der Waals surface area contributed by atoms with Crippen LogP contribution in [0.15, 0.2) is 53.3 Å². The first-order valence-electron chi connectivity index (χ1n) is 8.28. The minimum atomic E-state index is -4.80. The fourth-order valence-corrected chi connectivity index (χ4v) is 3.81. The highest BCUT2D eigenvalue weighted by atomic mass is 32.1. The lowest BCUT2D eigenvalue weighted by atomic mass is 10.1. The van der Waals surface area contributed by atoms with Crippen LogP contribution in [0.1, 0.15) is 10.4 Å². The molecule has 148 valence electrons. The molecule has 4 rings (SSSR count). The minimum absolute atomic E-state index is 0.184. The van der Waals surface area contributed by atoms with Crippen LogP contribution in [-0.2, 0) is 7.05 Å². The van der Waals surface area contributed by atoms with Crippen LogP contribution in [0.4, 0.5) is 18.3 Å². The largest absolute Gasteiger partial charge is 0.573 e. The van der Waals surface area contributed by atoms with Crippen LogP contribution in [0.25, 0.3) is 21.1 Å². The predicted octanol–water partition coefficient (Wildman–Crippen LogP) is 4.30. The average Bonchev–Trinajstić information content (AvgIpc) is 3.04. The standard InChI is InChI=1S/C19H12F3N3O3S/c1-25-14-5-3-2-4-11(14)12(9-16(25)26)17(27)24-18-23-13-7-6-10(8-15(13)29-18)28-19(20,21)22/h2-9H,1H3,(H,23,24,27). The summed E-state index contributed by atoms with van der Waals surface area (Å²) < 4.78 is 42.9. The van der Waals surface area contributed by atoms with Crippen LogP contribution in [0, 0.1) is 0 Å². The summed E-state index contributed by atoms with van der Waals surface area (Å²) >= 11 is 0.999. The molecule has 4 aromatic rings. The van der Waals surface area contributed by atoms with Crippen molar-refractivity contribution in [2.24, 2.45) is 7.05 Å². The second-order valence-electron chi connectivity index (χ2n) is 6.12. The number of para-hydroxylation sites is 1. The van der Waals surface area contributed by atoms with Gasteiger partial charge in [0.2, 0.25) is 0 Å². The van der Waals surface area contributed by atoms with Gasteiger partial charge in [0.05, 0.1) is 21.3 Å². The molecule has 0 atom stereocenters. The maximum absolute atomic E-state index is 12.8. The van der Waals surface area contributed by atoms with E-state index in [1.165, 1.54) is 22.8 Å². The summed E-state index contributed by atoms with van der Waals surface area (Å²) in [6.45, 7) is 0. The third-order valence-electron chi connectivity index (χ3n) is 4.21. The molecule has 2 heterocycles. The number of rotatable bonds is 3. The van der Waals surface area contributed by atoms with Crippen LogP contribution >= 0.6 is 11.3 Å². The third-order valence-corrected chi connectivity index (χ3v) is 5.15. The number of pyridine rings is 1. The van der Waals surface area contributed by atoms with Gasteiger partial charge < -0.3 is 9.30 Å². The predicted molar refractivity (Wildman–Crippen MR) is 103 cm³/mol. The second kappa shape index (κ2) is 6.89. The van der Waals surface area contributed by atoms with E-state index in [0.717, 1.165) is 17.4 Å². The van der Waals surface area contributed by atoms with Crippen LogP contribution in [0.5, 0.6) is 5.75 Å². The number of ether oxygens (including phenoxy) is 1. The zero-order chi connectivity index (χ0) is 20.8. The smallest absolute Gasteiger partial charge is 0.406 e. The molecule has 0 aliphatic rings. The van der Waals surface area contributed by atoms with Crippen molar-refractivity contribution in [1.82, 2.24) is 9.55 Å². The summed E-state index contributed by atoms with van der Waals surface area (Å²) in [5, 5.41) is 3.40. The number of thiazole rings is 1. The van der Waals surface area contributed by atoms with Crippen molar-refractivity contribution in [3.05, 3.63) is 64.4 Å². The molecular formula is C19H12F3N3O3S. The van der Waals surface area contributed by atoms with E-state index in [1.54, 1.807) is 31.3 Å². The molecule has 1 N–H and O–H groups in total. The Morgan fingerprint density at radius 1 is 1.17 bits per heavy atom. The first kappa shape index (κ1) is 18.9. The summed E-state index contributed by atoms with van der Waals surface area (Å²) in [5.74, 6) is -0.909. The fourth-order valence-electron chi connectivity index (χ4n) is 2.92. The van der Waals surface area contributed by atoms with Crippen molar-refractivity contribution in [3.8, 4) is 5.75 Å². The van der Waals surface area contributed by atoms with E-state index in [2.05, 4.69) is 15.0 Å². The molecule has 2 aromatic heterocycles. The Morgan fingerprint density at radius 2 is 1.93 bits per heavy atom. The number of aryl methyl sites for hydroxylation is 1. The van der Waals surface area contributed by atoms with Crippen LogP contribution in [-0.4, -0.2) is 21.8 Å². The number of hydrogen-bond donors (Lipinski definition) is 1. The average molecular weight is 419 g/mol. The van der Waals surface area contributed by atoms with Gasteiger partial charge in [-0.05, 0) is 18.2 Å². The number of nitrogens with one attached hydrogen (secondary N) is 1. The molecule has 6 nitrogen and oxygen atoms in total. The SMILES string of the molecule is Cn1c(=O)cc(C(=O)Nc2nc3ccc(OC(F)(F)F)cc3s2)c2ccccc21. The van der Waals surface area contributed by atoms with Gasteiger partial charge in [-0.3, -0.25) is 14.9 Å². The molecule has 1 amide bonds. The van der Waals surface area contributed by atoms with Gasteiger partial charge in [0.15, 0.2) is 5.13 Å². The zero-order valence-corrected chi connectivity index (χ0v) is 15.6. The van der Waals surface area contributed by atoms with Crippen molar-refractivity contribution in [2.75, 3.05) is 5.32 Å². The van der Waals surface area contributed by atoms with E-state index in [4.69, 9.17) is 0 Å². The number of benzene rings is 2. The van der Waals surface area contributed by atoms with Crippen molar-refractivity contribution in [1.29, 1.82) is 0 Å². The molecule has 2 aromatic carbocycles. The van der Waals surface area contributed by atoms with Gasteiger partial charge in [0.25, 0.3) is 11.5 Å². The Labute approximate surface area is 165 Å². The quantitative estimate of drug-likeness (QED) is 0.538.